The van der Waals surface area contributed by atoms with Crippen LogP contribution in [0, 0.1) is 0 Å². The quantitative estimate of drug-likeness (QED) is 0.690. The standard InChI is InChI=1S/C20H18ClN5O2S/c21-14-3-1-2-4-17(14)25-8-10-26(11-9-25)20(28)18-15(5-12-29-18)24-19(27)16-13-22-6-7-23-16/h1-7,12-13H,8-11H2,(H,24,27). The van der Waals surface area contributed by atoms with Gasteiger partial charge in [-0.05, 0) is 23.6 Å². The molecule has 0 unspecified atom stereocenters. The molecule has 9 heteroatoms. The predicted molar refractivity (Wildman–Crippen MR) is 114 cm³/mol. The summed E-state index contributed by atoms with van der Waals surface area (Å²) < 4.78 is 0. The summed E-state index contributed by atoms with van der Waals surface area (Å²) >= 11 is 7.60. The maximum Gasteiger partial charge on any atom is 0.275 e. The molecule has 2 aromatic heterocycles. The molecule has 1 fully saturated rings. The Morgan fingerprint density at radius 3 is 2.59 bits per heavy atom. The molecule has 1 aliphatic heterocycles. The summed E-state index contributed by atoms with van der Waals surface area (Å²) in [6.07, 6.45) is 4.34. The Morgan fingerprint density at radius 2 is 1.86 bits per heavy atom. The summed E-state index contributed by atoms with van der Waals surface area (Å²) in [5.41, 5.74) is 1.67. The first-order valence-electron chi connectivity index (χ1n) is 9.07. The van der Waals surface area contributed by atoms with Crippen molar-refractivity contribution >= 4 is 46.1 Å². The van der Waals surface area contributed by atoms with Gasteiger partial charge < -0.3 is 15.1 Å². The number of para-hydroxylation sites is 1. The highest BCUT2D eigenvalue weighted by atomic mass is 35.5. The topological polar surface area (TPSA) is 78.4 Å². The fourth-order valence-electron chi connectivity index (χ4n) is 3.18. The van der Waals surface area contributed by atoms with Crippen LogP contribution < -0.4 is 10.2 Å². The highest BCUT2D eigenvalue weighted by Crippen LogP contribution is 2.28. The Labute approximate surface area is 177 Å². The van der Waals surface area contributed by atoms with Crippen molar-refractivity contribution in [1.29, 1.82) is 0 Å². The highest BCUT2D eigenvalue weighted by molar-refractivity contribution is 7.12. The zero-order valence-corrected chi connectivity index (χ0v) is 17.0. The van der Waals surface area contributed by atoms with Gasteiger partial charge in [-0.25, -0.2) is 4.98 Å². The van der Waals surface area contributed by atoms with E-state index in [0.29, 0.717) is 41.8 Å². The maximum atomic E-state index is 13.0. The van der Waals surface area contributed by atoms with E-state index >= 15 is 0 Å². The van der Waals surface area contributed by atoms with Crippen LogP contribution in [-0.2, 0) is 0 Å². The molecular formula is C20H18ClN5O2S. The molecule has 3 aromatic rings. The first-order valence-corrected chi connectivity index (χ1v) is 10.3. The van der Waals surface area contributed by atoms with Gasteiger partial charge in [0.25, 0.3) is 11.8 Å². The lowest BCUT2D eigenvalue weighted by molar-refractivity contribution is 0.0752. The van der Waals surface area contributed by atoms with E-state index in [1.807, 2.05) is 24.3 Å². The number of rotatable bonds is 4. The highest BCUT2D eigenvalue weighted by Gasteiger charge is 2.26. The van der Waals surface area contributed by atoms with Gasteiger partial charge in [-0.15, -0.1) is 11.3 Å². The summed E-state index contributed by atoms with van der Waals surface area (Å²) in [7, 11) is 0. The van der Waals surface area contributed by atoms with E-state index in [2.05, 4.69) is 20.2 Å². The molecule has 1 saturated heterocycles. The van der Waals surface area contributed by atoms with E-state index < -0.39 is 5.91 Å². The number of aromatic nitrogens is 2. The van der Waals surface area contributed by atoms with Crippen molar-refractivity contribution in [2.75, 3.05) is 36.4 Å². The zero-order valence-electron chi connectivity index (χ0n) is 15.4. The largest absolute Gasteiger partial charge is 0.367 e. The van der Waals surface area contributed by atoms with E-state index in [1.54, 1.807) is 16.3 Å². The van der Waals surface area contributed by atoms with Crippen molar-refractivity contribution in [1.82, 2.24) is 14.9 Å². The van der Waals surface area contributed by atoms with Crippen LogP contribution >= 0.6 is 22.9 Å². The predicted octanol–water partition coefficient (Wildman–Crippen LogP) is 3.41. The summed E-state index contributed by atoms with van der Waals surface area (Å²) in [6.45, 7) is 2.56. The smallest absolute Gasteiger partial charge is 0.275 e. The molecule has 1 aliphatic rings. The molecule has 2 amide bonds. The number of amides is 2. The van der Waals surface area contributed by atoms with E-state index in [4.69, 9.17) is 11.6 Å². The second kappa shape index (κ2) is 8.59. The number of thiophene rings is 1. The van der Waals surface area contributed by atoms with Crippen LogP contribution in [0.4, 0.5) is 11.4 Å². The van der Waals surface area contributed by atoms with Gasteiger partial charge in [0.1, 0.15) is 10.6 Å². The average Bonchev–Trinajstić information content (AvgIpc) is 3.22. The lowest BCUT2D eigenvalue weighted by atomic mass is 10.2. The molecule has 0 radical (unpaired) electrons. The van der Waals surface area contributed by atoms with Crippen molar-refractivity contribution in [3.63, 3.8) is 0 Å². The number of hydrogen-bond donors (Lipinski definition) is 1. The van der Waals surface area contributed by atoms with Gasteiger partial charge in [0.05, 0.1) is 22.6 Å². The molecule has 148 valence electrons. The molecule has 1 N–H and O–H groups in total. The Morgan fingerprint density at radius 1 is 1.07 bits per heavy atom. The number of nitrogens with zero attached hydrogens (tertiary/aromatic N) is 4. The van der Waals surface area contributed by atoms with Gasteiger partial charge >= 0.3 is 0 Å². The molecule has 4 rings (SSSR count). The van der Waals surface area contributed by atoms with Crippen LogP contribution in [0.15, 0.2) is 54.3 Å². The molecular weight excluding hydrogens is 410 g/mol. The molecule has 3 heterocycles. The number of carbonyl (C=O) groups excluding carboxylic acids is 2. The summed E-state index contributed by atoms with van der Waals surface area (Å²) in [4.78, 5) is 37.7. The number of nitrogens with one attached hydrogen (secondary N) is 1. The average molecular weight is 428 g/mol. The van der Waals surface area contributed by atoms with E-state index in [-0.39, 0.29) is 11.6 Å². The van der Waals surface area contributed by atoms with Crippen molar-refractivity contribution in [2.24, 2.45) is 0 Å². The van der Waals surface area contributed by atoms with Crippen LogP contribution in [0.5, 0.6) is 0 Å². The number of hydrogen-bond acceptors (Lipinski definition) is 6. The molecule has 0 spiro atoms. The van der Waals surface area contributed by atoms with Crippen molar-refractivity contribution in [2.45, 2.75) is 0 Å². The third-order valence-corrected chi connectivity index (χ3v) is 5.89. The van der Waals surface area contributed by atoms with Gasteiger partial charge in [-0.1, -0.05) is 23.7 Å². The van der Waals surface area contributed by atoms with E-state index in [1.165, 1.54) is 29.9 Å². The molecule has 0 aliphatic carbocycles. The SMILES string of the molecule is O=C(Nc1ccsc1C(=O)N1CCN(c2ccccc2Cl)CC1)c1cnccn1. The minimum atomic E-state index is -0.394. The van der Waals surface area contributed by atoms with Gasteiger partial charge in [0.2, 0.25) is 0 Å². The second-order valence-corrected chi connectivity index (χ2v) is 7.76. The molecule has 29 heavy (non-hydrogen) atoms. The van der Waals surface area contributed by atoms with Gasteiger partial charge in [0, 0.05) is 38.6 Å². The molecule has 0 saturated carbocycles. The number of piperazine rings is 1. The normalized spacial score (nSPS) is 14.0. The summed E-state index contributed by atoms with van der Waals surface area (Å²) in [5.74, 6) is -0.484. The first kappa shape index (κ1) is 19.4. The van der Waals surface area contributed by atoms with Crippen molar-refractivity contribution in [3.05, 3.63) is 69.9 Å². The number of anilines is 2. The lowest BCUT2D eigenvalue weighted by Gasteiger charge is -2.36. The summed E-state index contributed by atoms with van der Waals surface area (Å²) in [6, 6.07) is 9.44. The van der Waals surface area contributed by atoms with Crippen LogP contribution in [0.1, 0.15) is 20.2 Å². The Hall–Kier alpha value is -2.97. The molecule has 0 bridgehead atoms. The molecule has 0 atom stereocenters. The van der Waals surface area contributed by atoms with Gasteiger partial charge in [0.15, 0.2) is 0 Å². The number of carbonyl (C=O) groups is 2. The molecule has 1 aromatic carbocycles. The first-order chi connectivity index (χ1) is 14.1. The van der Waals surface area contributed by atoms with Gasteiger partial charge in [-0.3, -0.25) is 14.6 Å². The fraction of sp³-hybridized carbons (Fsp3) is 0.200. The minimum absolute atomic E-state index is 0.0896. The van der Waals surface area contributed by atoms with Crippen LogP contribution in [0.3, 0.4) is 0 Å². The Balaban J connectivity index is 1.42. The van der Waals surface area contributed by atoms with Crippen LogP contribution in [0.25, 0.3) is 0 Å². The van der Waals surface area contributed by atoms with E-state index in [9.17, 15) is 9.59 Å². The van der Waals surface area contributed by atoms with Crippen LogP contribution in [-0.4, -0.2) is 52.9 Å². The second-order valence-electron chi connectivity index (χ2n) is 6.44. The number of halogens is 1. The maximum absolute atomic E-state index is 13.0. The summed E-state index contributed by atoms with van der Waals surface area (Å²) in [5, 5.41) is 5.26. The third-order valence-electron chi connectivity index (χ3n) is 4.66. The third kappa shape index (κ3) is 4.23. The number of benzene rings is 1. The fourth-order valence-corrected chi connectivity index (χ4v) is 4.25. The Kier molecular flexibility index (Phi) is 5.73. The minimum Gasteiger partial charge on any atom is -0.367 e. The monoisotopic (exact) mass is 427 g/mol. The van der Waals surface area contributed by atoms with Crippen molar-refractivity contribution < 1.29 is 9.59 Å². The zero-order chi connectivity index (χ0) is 20.2. The lowest BCUT2D eigenvalue weighted by Crippen LogP contribution is -2.48. The Bertz CT molecular complexity index is 1020. The van der Waals surface area contributed by atoms with Crippen LogP contribution in [0.2, 0.25) is 5.02 Å². The van der Waals surface area contributed by atoms with Gasteiger partial charge in [-0.2, -0.15) is 0 Å². The molecule has 7 nitrogen and oxygen atoms in total. The van der Waals surface area contributed by atoms with E-state index in [0.717, 1.165) is 5.69 Å². The van der Waals surface area contributed by atoms with Crippen molar-refractivity contribution in [3.8, 4) is 0 Å².